The van der Waals surface area contributed by atoms with Crippen LogP contribution in [0.1, 0.15) is 177 Å². The van der Waals surface area contributed by atoms with E-state index in [0.717, 1.165) is 103 Å². The molecule has 1 saturated carbocycles. The largest absolute Gasteiger partial charge is 0.378 e. The normalized spacial score (nSPS) is 19.2. The Labute approximate surface area is 397 Å². The number of rotatable bonds is 44. The Morgan fingerprint density at radius 1 is 0.766 bits per heavy atom. The Bertz CT molecular complexity index is 1130. The molecule has 0 saturated heterocycles. The summed E-state index contributed by atoms with van der Waals surface area (Å²) in [5.74, 6) is 1.79. The third-order valence-corrected chi connectivity index (χ3v) is 15.3. The van der Waals surface area contributed by atoms with E-state index in [1.807, 2.05) is 4.90 Å². The van der Waals surface area contributed by atoms with Gasteiger partial charge in [0.05, 0.1) is 51.8 Å². The maximum absolute atomic E-state index is 13.5. The number of urea groups is 1. The number of ether oxygens (including phenoxy) is 5. The van der Waals surface area contributed by atoms with Crippen molar-refractivity contribution in [2.75, 3.05) is 92.1 Å². The van der Waals surface area contributed by atoms with Crippen LogP contribution in [0.2, 0.25) is 6.04 Å². The van der Waals surface area contributed by atoms with Gasteiger partial charge in [0.1, 0.15) is 0 Å². The van der Waals surface area contributed by atoms with Crippen molar-refractivity contribution in [2.24, 2.45) is 40.1 Å². The number of hydrogen-bond acceptors (Lipinski definition) is 9. The second-order valence-corrected chi connectivity index (χ2v) is 20.9. The van der Waals surface area contributed by atoms with Gasteiger partial charge in [-0.1, -0.05) is 99.5 Å². The van der Waals surface area contributed by atoms with Gasteiger partial charge in [-0.25, -0.2) is 4.79 Å². The van der Waals surface area contributed by atoms with Crippen LogP contribution in [-0.2, 0) is 28.5 Å². The van der Waals surface area contributed by atoms with E-state index in [4.69, 9.17) is 35.2 Å². The van der Waals surface area contributed by atoms with Crippen LogP contribution in [0.25, 0.3) is 0 Å². The van der Waals surface area contributed by atoms with Crippen LogP contribution in [0.4, 0.5) is 4.79 Å². The molecule has 64 heavy (non-hydrogen) atoms. The molecule has 1 aliphatic carbocycles. The molecule has 1 aliphatic rings. The first-order valence-electron chi connectivity index (χ1n) is 26.6. The van der Waals surface area contributed by atoms with Crippen molar-refractivity contribution >= 4 is 22.2 Å². The predicted octanol–water partition coefficient (Wildman–Crippen LogP) is 8.41. The number of hydrogen-bond donors (Lipinski definition) is 4. The van der Waals surface area contributed by atoms with Crippen LogP contribution in [0.15, 0.2) is 0 Å². The first-order valence-corrected chi connectivity index (χ1v) is 28.0. The van der Waals surface area contributed by atoms with Gasteiger partial charge in [0.25, 0.3) is 0 Å². The second kappa shape index (κ2) is 38.6. The highest BCUT2D eigenvalue weighted by Crippen LogP contribution is 2.55. The molecule has 13 heteroatoms. The molecule has 3 amide bonds. The van der Waals surface area contributed by atoms with Crippen molar-refractivity contribution in [1.82, 2.24) is 15.5 Å². The standard InChI is InChI=1S/C51H105N5O7Si/c1-8-10-11-12-13-16-31-56(49(58)55-30-36-60-38-40-61-39-37-59-35-29-54-48(57)22-15-18-41-64)32-17-14-21-45-24-23-43(3)51(45,7)47(63-34-20-28-53)42-44(4)50(5,6)26-25-46(9-2)62-33-19-27-52/h43-47H,8-42,52-53H2,1-7,64H3,(H,54,57)(H,55,58)/t43?,44?,45-,46-,47-,51-/m0/s1. The number of carbonyl (C=O) groups excluding carboxylic acids is 2. The van der Waals surface area contributed by atoms with Gasteiger partial charge < -0.3 is 50.7 Å². The lowest BCUT2D eigenvalue weighted by Crippen LogP contribution is -2.44. The van der Waals surface area contributed by atoms with E-state index in [0.29, 0.717) is 96.1 Å². The topological polar surface area (TPSA) is 160 Å². The van der Waals surface area contributed by atoms with E-state index < -0.39 is 0 Å². The summed E-state index contributed by atoms with van der Waals surface area (Å²) in [5, 5.41) is 6.04. The smallest absolute Gasteiger partial charge is 0.317 e. The summed E-state index contributed by atoms with van der Waals surface area (Å²) < 4.78 is 30.1. The van der Waals surface area contributed by atoms with E-state index >= 15 is 0 Å². The van der Waals surface area contributed by atoms with Gasteiger partial charge in [-0.05, 0) is 119 Å². The van der Waals surface area contributed by atoms with Crippen LogP contribution in [0.3, 0.4) is 0 Å². The van der Waals surface area contributed by atoms with Gasteiger partial charge in [-0.2, -0.15) is 0 Å². The summed E-state index contributed by atoms with van der Waals surface area (Å²) >= 11 is 0. The minimum atomic E-state index is 0.0147. The molecule has 6 N–H and O–H groups in total. The Kier molecular flexibility index (Phi) is 36.6. The maximum atomic E-state index is 13.5. The summed E-state index contributed by atoms with van der Waals surface area (Å²) in [6, 6.07) is 1.26. The maximum Gasteiger partial charge on any atom is 0.317 e. The van der Waals surface area contributed by atoms with E-state index in [2.05, 4.69) is 59.1 Å². The summed E-state index contributed by atoms with van der Waals surface area (Å²) in [6.07, 6.45) is 22.3. The molecule has 380 valence electrons. The van der Waals surface area contributed by atoms with E-state index in [9.17, 15) is 9.59 Å². The average molecular weight is 929 g/mol. The summed E-state index contributed by atoms with van der Waals surface area (Å²) in [6.45, 7) is 25.0. The van der Waals surface area contributed by atoms with Gasteiger partial charge in [-0.15, -0.1) is 0 Å². The molecule has 0 aromatic carbocycles. The van der Waals surface area contributed by atoms with Gasteiger partial charge in [0.2, 0.25) is 5.91 Å². The average Bonchev–Trinajstić information content (AvgIpc) is 3.57. The van der Waals surface area contributed by atoms with Crippen LogP contribution in [0.5, 0.6) is 0 Å². The van der Waals surface area contributed by atoms with Gasteiger partial charge in [0, 0.05) is 56.1 Å². The first-order chi connectivity index (χ1) is 30.9. The molecule has 6 atom stereocenters. The van der Waals surface area contributed by atoms with E-state index in [-0.39, 0.29) is 28.9 Å². The molecule has 0 aliphatic heterocycles. The molecule has 1 rings (SSSR count). The molecule has 0 heterocycles. The first kappa shape index (κ1) is 60.7. The van der Waals surface area contributed by atoms with Crippen molar-refractivity contribution in [3.8, 4) is 0 Å². The fraction of sp³-hybridized carbons (Fsp3) is 0.961. The molecule has 0 spiro atoms. The highest BCUT2D eigenvalue weighted by Gasteiger charge is 2.50. The highest BCUT2D eigenvalue weighted by molar-refractivity contribution is 6.08. The molecule has 1 fully saturated rings. The monoisotopic (exact) mass is 928 g/mol. The van der Waals surface area contributed by atoms with Gasteiger partial charge in [-0.3, -0.25) is 4.79 Å². The van der Waals surface area contributed by atoms with Gasteiger partial charge in [0.15, 0.2) is 0 Å². The second-order valence-electron chi connectivity index (χ2n) is 19.9. The highest BCUT2D eigenvalue weighted by atomic mass is 28.1. The SMILES string of the molecule is CCCCCCCCN(CCCC[C@H]1CCC(C)[C@]1(C)[C@H](CC(C)C(C)(C)CC[C@H](CC)OCCCN)OCCCN)C(=O)NCCOCCOCCOCCNC(=O)CCCC[SiH3]. The lowest BCUT2D eigenvalue weighted by molar-refractivity contribution is -0.121. The number of amides is 3. The van der Waals surface area contributed by atoms with E-state index in [1.54, 1.807) is 0 Å². The number of nitrogens with zero attached hydrogens (tertiary/aromatic N) is 1. The van der Waals surface area contributed by atoms with Gasteiger partial charge >= 0.3 is 6.03 Å². The predicted molar refractivity (Wildman–Crippen MR) is 270 cm³/mol. The van der Waals surface area contributed by atoms with Crippen molar-refractivity contribution in [1.29, 1.82) is 0 Å². The number of nitrogens with one attached hydrogen (secondary N) is 2. The zero-order valence-corrected chi connectivity index (χ0v) is 45.1. The molecule has 12 nitrogen and oxygen atoms in total. The zero-order valence-electron chi connectivity index (χ0n) is 43.1. The van der Waals surface area contributed by atoms with E-state index in [1.165, 1.54) is 61.2 Å². The summed E-state index contributed by atoms with van der Waals surface area (Å²) in [7, 11) is 1.20. The summed E-state index contributed by atoms with van der Waals surface area (Å²) in [5.41, 5.74) is 12.0. The third-order valence-electron chi connectivity index (χ3n) is 14.6. The zero-order chi connectivity index (χ0) is 47.3. The third kappa shape index (κ3) is 26.9. The molecular formula is C51H105N5O7Si. The Balaban J connectivity index is 2.67. The molecule has 0 aromatic rings. The van der Waals surface area contributed by atoms with Crippen LogP contribution < -0.4 is 22.1 Å². The molecule has 0 radical (unpaired) electrons. The van der Waals surface area contributed by atoms with Crippen LogP contribution >= 0.6 is 0 Å². The Morgan fingerprint density at radius 3 is 1.98 bits per heavy atom. The lowest BCUT2D eigenvalue weighted by atomic mass is 9.64. The molecule has 0 aromatic heterocycles. The molecule has 0 bridgehead atoms. The summed E-state index contributed by atoms with van der Waals surface area (Å²) in [4.78, 5) is 27.3. The van der Waals surface area contributed by atoms with Crippen molar-refractivity contribution < 1.29 is 33.3 Å². The lowest BCUT2D eigenvalue weighted by Gasteiger charge is -2.46. The van der Waals surface area contributed by atoms with Crippen molar-refractivity contribution in [3.63, 3.8) is 0 Å². The Hall–Kier alpha value is -1.32. The number of nitrogens with two attached hydrogens (primary N) is 2. The molecule has 2 unspecified atom stereocenters. The fourth-order valence-corrected chi connectivity index (χ4v) is 9.84. The number of unbranched alkanes of at least 4 members (excludes halogenated alkanes) is 7. The van der Waals surface area contributed by atoms with Crippen molar-refractivity contribution in [3.05, 3.63) is 0 Å². The molecular weight excluding hydrogens is 823 g/mol. The van der Waals surface area contributed by atoms with Crippen LogP contribution in [-0.4, -0.2) is 131 Å². The minimum Gasteiger partial charge on any atom is -0.378 e. The van der Waals surface area contributed by atoms with Crippen LogP contribution in [0, 0.1) is 28.6 Å². The Morgan fingerprint density at radius 2 is 1.36 bits per heavy atom. The fourth-order valence-electron chi connectivity index (χ4n) is 9.34. The van der Waals surface area contributed by atoms with Crippen molar-refractivity contribution in [2.45, 2.75) is 195 Å². The minimum absolute atomic E-state index is 0.0147. The number of carbonyl (C=O) groups is 2. The quantitative estimate of drug-likeness (QED) is 0.0348.